The Hall–Kier alpha value is -2.02. The Kier molecular flexibility index (Phi) is 5.30. The molecule has 0 aliphatic carbocycles. The predicted octanol–water partition coefficient (Wildman–Crippen LogP) is 2.42. The second-order valence-corrected chi connectivity index (χ2v) is 6.63. The van der Waals surface area contributed by atoms with E-state index in [-0.39, 0.29) is 28.7 Å². The monoisotopic (exact) mass is 337 g/mol. The summed E-state index contributed by atoms with van der Waals surface area (Å²) in [6.45, 7) is 4.39. The molecule has 2 rings (SSSR count). The number of carbonyl (C=O) groups excluding carboxylic acids is 2. The van der Waals surface area contributed by atoms with Gasteiger partial charge >= 0.3 is 5.97 Å². The summed E-state index contributed by atoms with van der Waals surface area (Å²) in [6, 6.07) is 3.10. The molecule has 0 radical (unpaired) electrons. The molecule has 0 aromatic carbocycles. The van der Waals surface area contributed by atoms with Gasteiger partial charge in [0.2, 0.25) is 5.78 Å². The van der Waals surface area contributed by atoms with Crippen LogP contribution in [0.15, 0.2) is 34.0 Å². The van der Waals surface area contributed by atoms with Gasteiger partial charge in [-0.1, -0.05) is 13.8 Å². The molecule has 0 bridgehead atoms. The molecule has 1 aliphatic heterocycles. The maximum atomic E-state index is 12.7. The van der Waals surface area contributed by atoms with Crippen LogP contribution in [0.25, 0.3) is 0 Å². The number of ketones is 1. The van der Waals surface area contributed by atoms with E-state index in [1.54, 1.807) is 17.2 Å². The first-order valence-corrected chi connectivity index (χ1v) is 8.52. The van der Waals surface area contributed by atoms with Gasteiger partial charge in [-0.2, -0.15) is 0 Å². The van der Waals surface area contributed by atoms with Gasteiger partial charge in [-0.05, 0) is 24.3 Å². The van der Waals surface area contributed by atoms with Crippen molar-refractivity contribution in [2.75, 3.05) is 12.8 Å². The number of hydrogen-bond donors (Lipinski definition) is 1. The van der Waals surface area contributed by atoms with E-state index < -0.39 is 23.5 Å². The van der Waals surface area contributed by atoms with E-state index in [0.29, 0.717) is 6.54 Å². The average molecular weight is 337 g/mol. The molecule has 0 saturated carbocycles. The van der Waals surface area contributed by atoms with Gasteiger partial charge in [-0.15, -0.1) is 11.8 Å². The van der Waals surface area contributed by atoms with Crippen molar-refractivity contribution >= 4 is 29.4 Å². The highest BCUT2D eigenvalue weighted by molar-refractivity contribution is 7.99. The van der Waals surface area contributed by atoms with Gasteiger partial charge in [0, 0.05) is 17.7 Å². The van der Waals surface area contributed by atoms with Gasteiger partial charge in [0.05, 0.1) is 12.7 Å². The van der Waals surface area contributed by atoms with Crippen molar-refractivity contribution in [1.29, 1.82) is 0 Å². The molecule has 1 aliphatic rings. The fourth-order valence-corrected chi connectivity index (χ4v) is 3.55. The molecule has 0 saturated heterocycles. The number of carbonyl (C=O) groups is 3. The molecule has 23 heavy (non-hydrogen) atoms. The Morgan fingerprint density at radius 1 is 1.43 bits per heavy atom. The lowest BCUT2D eigenvalue weighted by molar-refractivity contribution is -0.137. The predicted molar refractivity (Wildman–Crippen MR) is 86.2 cm³/mol. The number of carboxylic acid groups (broad SMARTS) is 1. The molecular weight excluding hydrogens is 318 g/mol. The molecule has 1 aromatic rings. The summed E-state index contributed by atoms with van der Waals surface area (Å²) in [7, 11) is 0. The molecule has 1 atom stereocenters. The van der Waals surface area contributed by atoms with Crippen LogP contribution in [0.3, 0.4) is 0 Å². The van der Waals surface area contributed by atoms with E-state index in [2.05, 4.69) is 0 Å². The standard InChI is InChI=1S/C16H19NO5S/c1-9(2)8-17-15(21)10(7-12(18)19)13(16(17)23-3)14(20)11-5-4-6-22-11/h4-6,9,16H,7-8H2,1-3H3,(H,18,19)/t16-/m1/s1. The Balaban J connectivity index is 2.48. The lowest BCUT2D eigenvalue weighted by Crippen LogP contribution is -2.37. The number of Topliss-reactive ketones (excluding diaryl/α,β-unsaturated/α-hetero) is 1. The molecule has 1 N–H and O–H groups in total. The summed E-state index contributed by atoms with van der Waals surface area (Å²) >= 11 is 1.34. The van der Waals surface area contributed by atoms with Crippen LogP contribution in [0.5, 0.6) is 0 Å². The summed E-state index contributed by atoms with van der Waals surface area (Å²) in [5, 5.41) is 8.61. The van der Waals surface area contributed by atoms with Crippen LogP contribution >= 0.6 is 11.8 Å². The Bertz CT molecular complexity index is 647. The average Bonchev–Trinajstić information content (AvgIpc) is 3.08. The molecule has 0 unspecified atom stereocenters. The summed E-state index contributed by atoms with van der Waals surface area (Å²) in [5.41, 5.74) is 0.277. The molecule has 1 aromatic heterocycles. The van der Waals surface area contributed by atoms with E-state index in [1.807, 2.05) is 13.8 Å². The second kappa shape index (κ2) is 7.04. The van der Waals surface area contributed by atoms with Crippen molar-refractivity contribution in [3.63, 3.8) is 0 Å². The van der Waals surface area contributed by atoms with Crippen molar-refractivity contribution in [3.05, 3.63) is 35.3 Å². The minimum atomic E-state index is -1.13. The first kappa shape index (κ1) is 17.3. The quantitative estimate of drug-likeness (QED) is 0.769. The maximum absolute atomic E-state index is 12.7. The zero-order chi connectivity index (χ0) is 17.1. The number of nitrogens with zero attached hydrogens (tertiary/aromatic N) is 1. The van der Waals surface area contributed by atoms with Crippen molar-refractivity contribution < 1.29 is 23.9 Å². The summed E-state index contributed by atoms with van der Waals surface area (Å²) < 4.78 is 5.14. The van der Waals surface area contributed by atoms with Gasteiger partial charge in [0.1, 0.15) is 5.37 Å². The first-order valence-electron chi connectivity index (χ1n) is 7.23. The largest absolute Gasteiger partial charge is 0.481 e. The number of aliphatic carboxylic acids is 1. The van der Waals surface area contributed by atoms with E-state index in [0.717, 1.165) is 0 Å². The maximum Gasteiger partial charge on any atom is 0.308 e. The minimum Gasteiger partial charge on any atom is -0.481 e. The Labute approximate surface area is 138 Å². The van der Waals surface area contributed by atoms with Crippen molar-refractivity contribution in [2.45, 2.75) is 25.6 Å². The fraction of sp³-hybridized carbons (Fsp3) is 0.438. The van der Waals surface area contributed by atoms with Gasteiger partial charge in [-0.25, -0.2) is 0 Å². The lowest BCUT2D eigenvalue weighted by Gasteiger charge is -2.26. The van der Waals surface area contributed by atoms with Crippen LogP contribution in [0.2, 0.25) is 0 Å². The molecule has 124 valence electrons. The van der Waals surface area contributed by atoms with Crippen LogP contribution in [0, 0.1) is 5.92 Å². The SMILES string of the molecule is CS[C@@H]1C(C(=O)c2ccco2)=C(CC(=O)O)C(=O)N1CC(C)C. The van der Waals surface area contributed by atoms with Gasteiger partial charge in [-0.3, -0.25) is 14.4 Å². The summed E-state index contributed by atoms with van der Waals surface area (Å²) in [6.07, 6.45) is 2.71. The van der Waals surface area contributed by atoms with Crippen LogP contribution in [0.4, 0.5) is 0 Å². The topological polar surface area (TPSA) is 87.8 Å². The summed E-state index contributed by atoms with van der Waals surface area (Å²) in [4.78, 5) is 38.1. The zero-order valence-corrected chi connectivity index (χ0v) is 14.1. The smallest absolute Gasteiger partial charge is 0.308 e. The van der Waals surface area contributed by atoms with Gasteiger partial charge in [0.25, 0.3) is 5.91 Å². The third-order valence-corrected chi connectivity index (χ3v) is 4.41. The molecule has 7 heteroatoms. The second-order valence-electron chi connectivity index (χ2n) is 5.71. The number of thioether (sulfide) groups is 1. The minimum absolute atomic E-state index is 0.0545. The van der Waals surface area contributed by atoms with E-state index >= 15 is 0 Å². The van der Waals surface area contributed by atoms with Crippen LogP contribution in [0.1, 0.15) is 30.8 Å². The molecule has 1 amide bonds. The molecule has 2 heterocycles. The Morgan fingerprint density at radius 2 is 2.13 bits per heavy atom. The molecule has 0 spiro atoms. The number of hydrogen-bond acceptors (Lipinski definition) is 5. The third-order valence-electron chi connectivity index (χ3n) is 3.48. The number of amides is 1. The first-order chi connectivity index (χ1) is 10.9. The molecular formula is C16H19NO5S. The molecule has 6 nitrogen and oxygen atoms in total. The van der Waals surface area contributed by atoms with E-state index in [1.165, 1.54) is 24.1 Å². The summed E-state index contributed by atoms with van der Waals surface area (Å²) in [5.74, 6) is -1.62. The van der Waals surface area contributed by atoms with Crippen LogP contribution < -0.4 is 0 Å². The van der Waals surface area contributed by atoms with E-state index in [4.69, 9.17) is 9.52 Å². The van der Waals surface area contributed by atoms with Gasteiger partial charge in [0.15, 0.2) is 5.76 Å². The lowest BCUT2D eigenvalue weighted by atomic mass is 10.0. The van der Waals surface area contributed by atoms with E-state index in [9.17, 15) is 14.4 Å². The van der Waals surface area contributed by atoms with Crippen molar-refractivity contribution in [2.24, 2.45) is 5.92 Å². The van der Waals surface area contributed by atoms with Crippen molar-refractivity contribution in [3.8, 4) is 0 Å². The third kappa shape index (κ3) is 3.50. The fourth-order valence-electron chi connectivity index (χ4n) is 2.63. The molecule has 0 fully saturated rings. The normalized spacial score (nSPS) is 18.2. The number of carboxylic acids is 1. The van der Waals surface area contributed by atoms with Crippen molar-refractivity contribution in [1.82, 2.24) is 4.90 Å². The Morgan fingerprint density at radius 3 is 2.61 bits per heavy atom. The van der Waals surface area contributed by atoms with Gasteiger partial charge < -0.3 is 14.4 Å². The highest BCUT2D eigenvalue weighted by Gasteiger charge is 2.43. The zero-order valence-electron chi connectivity index (χ0n) is 13.2. The van der Waals surface area contributed by atoms with Crippen LogP contribution in [-0.4, -0.2) is 45.8 Å². The van der Waals surface area contributed by atoms with Crippen LogP contribution in [-0.2, 0) is 9.59 Å². The number of rotatable bonds is 7. The highest BCUT2D eigenvalue weighted by atomic mass is 32.2. The number of furan rings is 1. The highest BCUT2D eigenvalue weighted by Crippen LogP contribution is 2.36.